The van der Waals surface area contributed by atoms with Gasteiger partial charge in [-0.15, -0.1) is 0 Å². The number of hydrogen-bond donors (Lipinski definition) is 1. The van der Waals surface area contributed by atoms with Crippen LogP contribution in [0.1, 0.15) is 0 Å². The van der Waals surface area contributed by atoms with Crippen LogP contribution in [-0.4, -0.2) is 18.2 Å². The average molecular weight is 247 g/mol. The van der Waals surface area contributed by atoms with Gasteiger partial charge in [0.05, 0.1) is 12.8 Å². The summed E-state index contributed by atoms with van der Waals surface area (Å²) in [4.78, 5) is 10.8. The molecule has 0 radical (unpaired) electrons. The molecule has 6 heteroatoms. The summed E-state index contributed by atoms with van der Waals surface area (Å²) in [7, 11) is 1.22. The van der Waals surface area contributed by atoms with E-state index in [1.54, 1.807) is 24.3 Å². The fourth-order valence-corrected chi connectivity index (χ4v) is 1.11. The summed E-state index contributed by atoms with van der Waals surface area (Å²) in [5, 5.41) is 3.88. The first-order valence-electron chi connectivity index (χ1n) is 3.96. The molecule has 15 heavy (non-hydrogen) atoms. The van der Waals surface area contributed by atoms with E-state index in [-0.39, 0.29) is 5.17 Å². The van der Waals surface area contributed by atoms with Crippen molar-refractivity contribution in [3.05, 3.63) is 29.3 Å². The first-order valence-corrected chi connectivity index (χ1v) is 4.72. The van der Waals surface area contributed by atoms with Gasteiger partial charge in [-0.2, -0.15) is 5.10 Å². The van der Waals surface area contributed by atoms with E-state index in [4.69, 9.17) is 23.2 Å². The van der Waals surface area contributed by atoms with Gasteiger partial charge in [-0.25, -0.2) is 4.79 Å². The van der Waals surface area contributed by atoms with Crippen molar-refractivity contribution < 1.29 is 9.53 Å². The van der Waals surface area contributed by atoms with E-state index >= 15 is 0 Å². The highest BCUT2D eigenvalue weighted by Crippen LogP contribution is 2.14. The van der Waals surface area contributed by atoms with Gasteiger partial charge in [0.25, 0.3) is 0 Å². The lowest BCUT2D eigenvalue weighted by Crippen LogP contribution is -2.11. The lowest BCUT2D eigenvalue weighted by Gasteiger charge is -2.00. The summed E-state index contributed by atoms with van der Waals surface area (Å²) < 4.78 is 4.36. The number of methoxy groups -OCH3 is 1. The molecule has 1 N–H and O–H groups in total. The molecular formula is C9H8Cl2N2O2. The smallest absolute Gasteiger partial charge is 0.370 e. The molecule has 0 bridgehead atoms. The normalized spacial score (nSPS) is 11.0. The molecule has 0 unspecified atom stereocenters. The van der Waals surface area contributed by atoms with Gasteiger partial charge >= 0.3 is 5.97 Å². The van der Waals surface area contributed by atoms with E-state index in [1.807, 2.05) is 0 Å². The molecule has 0 atom stereocenters. The molecule has 1 aromatic carbocycles. The van der Waals surface area contributed by atoms with E-state index in [1.165, 1.54) is 7.11 Å². The zero-order valence-electron chi connectivity index (χ0n) is 7.83. The van der Waals surface area contributed by atoms with Crippen LogP contribution < -0.4 is 5.43 Å². The number of halogens is 2. The maximum absolute atomic E-state index is 10.8. The minimum absolute atomic E-state index is 0.280. The van der Waals surface area contributed by atoms with Crippen LogP contribution in [0.4, 0.5) is 5.69 Å². The van der Waals surface area contributed by atoms with Gasteiger partial charge in [-0.1, -0.05) is 29.3 Å². The molecule has 0 amide bonds. The molecule has 0 aliphatic heterocycles. The van der Waals surface area contributed by atoms with Gasteiger partial charge < -0.3 is 4.74 Å². The van der Waals surface area contributed by atoms with E-state index in [2.05, 4.69) is 15.3 Å². The van der Waals surface area contributed by atoms with Crippen LogP contribution in [0.15, 0.2) is 29.4 Å². The summed E-state index contributed by atoms with van der Waals surface area (Å²) in [6.45, 7) is 0. The summed E-state index contributed by atoms with van der Waals surface area (Å²) in [5.74, 6) is -0.703. The van der Waals surface area contributed by atoms with Crippen LogP contribution in [0.5, 0.6) is 0 Å². The average Bonchev–Trinajstić information content (AvgIpc) is 2.25. The predicted octanol–water partition coefficient (Wildman–Crippen LogP) is 2.48. The summed E-state index contributed by atoms with van der Waals surface area (Å²) in [5.41, 5.74) is 3.20. The number of nitrogens with one attached hydrogen (secondary N) is 1. The summed E-state index contributed by atoms with van der Waals surface area (Å²) in [6, 6.07) is 6.84. The van der Waals surface area contributed by atoms with Crippen molar-refractivity contribution in [2.45, 2.75) is 0 Å². The lowest BCUT2D eigenvalue weighted by atomic mass is 10.3. The number of ether oxygens (including phenoxy) is 1. The van der Waals surface area contributed by atoms with Crippen molar-refractivity contribution in [2.75, 3.05) is 12.5 Å². The Balaban J connectivity index is 2.67. The second-order valence-corrected chi connectivity index (χ2v) is 3.31. The van der Waals surface area contributed by atoms with Crippen molar-refractivity contribution in [1.82, 2.24) is 0 Å². The first-order chi connectivity index (χ1) is 7.13. The van der Waals surface area contributed by atoms with Crippen LogP contribution in [0.2, 0.25) is 5.02 Å². The van der Waals surface area contributed by atoms with Gasteiger partial charge in [0.1, 0.15) is 0 Å². The number of carbonyl (C=O) groups is 1. The van der Waals surface area contributed by atoms with Gasteiger partial charge in [0, 0.05) is 5.02 Å². The van der Waals surface area contributed by atoms with Crippen LogP contribution in [-0.2, 0) is 9.53 Å². The van der Waals surface area contributed by atoms with Crippen LogP contribution in [0.25, 0.3) is 0 Å². The summed E-state index contributed by atoms with van der Waals surface area (Å²) in [6.07, 6.45) is 0. The van der Waals surface area contributed by atoms with Crippen molar-refractivity contribution in [1.29, 1.82) is 0 Å². The van der Waals surface area contributed by atoms with Crippen molar-refractivity contribution in [3.63, 3.8) is 0 Å². The zero-order chi connectivity index (χ0) is 11.3. The fourth-order valence-electron chi connectivity index (χ4n) is 0.802. The zero-order valence-corrected chi connectivity index (χ0v) is 9.34. The number of hydrazone groups is 1. The largest absolute Gasteiger partial charge is 0.464 e. The van der Waals surface area contributed by atoms with Crippen LogP contribution in [0.3, 0.4) is 0 Å². The molecule has 0 fully saturated rings. The molecule has 80 valence electrons. The maximum atomic E-state index is 10.8. The highest BCUT2D eigenvalue weighted by Gasteiger charge is 2.07. The Morgan fingerprint density at radius 3 is 2.87 bits per heavy atom. The fraction of sp³-hybridized carbons (Fsp3) is 0.111. The molecule has 0 aliphatic rings. The third-order valence-electron chi connectivity index (χ3n) is 1.46. The molecule has 0 saturated carbocycles. The first kappa shape index (κ1) is 11.8. The molecule has 1 aromatic rings. The van der Waals surface area contributed by atoms with Gasteiger partial charge in [0.2, 0.25) is 5.17 Å². The molecule has 4 nitrogen and oxygen atoms in total. The molecule has 0 heterocycles. The Kier molecular flexibility index (Phi) is 4.39. The number of carbonyl (C=O) groups excluding carboxylic acids is 1. The molecule has 0 aromatic heterocycles. The van der Waals surface area contributed by atoms with Crippen LogP contribution in [0, 0.1) is 0 Å². The Morgan fingerprint density at radius 2 is 2.27 bits per heavy atom. The molecule has 0 saturated heterocycles. The van der Waals surface area contributed by atoms with E-state index in [0.29, 0.717) is 10.7 Å². The summed E-state index contributed by atoms with van der Waals surface area (Å²) >= 11 is 11.2. The number of esters is 1. The number of nitrogens with zero attached hydrogens (tertiary/aromatic N) is 1. The van der Waals surface area contributed by atoms with Crippen LogP contribution >= 0.6 is 23.2 Å². The lowest BCUT2D eigenvalue weighted by molar-refractivity contribution is -0.132. The second-order valence-electron chi connectivity index (χ2n) is 2.52. The Morgan fingerprint density at radius 1 is 1.53 bits per heavy atom. The third kappa shape index (κ3) is 3.77. The number of anilines is 1. The maximum Gasteiger partial charge on any atom is 0.370 e. The highest BCUT2D eigenvalue weighted by molar-refractivity contribution is 6.82. The SMILES string of the molecule is COC(=O)/C(Cl)=N\Nc1cccc(Cl)c1. The Hall–Kier alpha value is -1.26. The number of benzene rings is 1. The topological polar surface area (TPSA) is 50.7 Å². The molecule has 0 spiro atoms. The van der Waals surface area contributed by atoms with Crippen molar-refractivity contribution in [2.24, 2.45) is 5.10 Å². The number of hydrogen-bond acceptors (Lipinski definition) is 4. The van der Waals surface area contributed by atoms with Crippen molar-refractivity contribution >= 4 is 40.0 Å². The van der Waals surface area contributed by atoms with Crippen molar-refractivity contribution in [3.8, 4) is 0 Å². The van der Waals surface area contributed by atoms with Gasteiger partial charge in [-0.3, -0.25) is 5.43 Å². The Bertz CT molecular complexity index is 393. The van der Waals surface area contributed by atoms with E-state index in [0.717, 1.165) is 0 Å². The predicted molar refractivity (Wildman–Crippen MR) is 60.4 cm³/mol. The quantitative estimate of drug-likeness (QED) is 0.507. The Labute approximate surface area is 96.8 Å². The minimum atomic E-state index is -0.703. The molecular weight excluding hydrogens is 239 g/mol. The highest BCUT2D eigenvalue weighted by atomic mass is 35.5. The van der Waals surface area contributed by atoms with E-state index in [9.17, 15) is 4.79 Å². The minimum Gasteiger partial charge on any atom is -0.464 e. The monoisotopic (exact) mass is 246 g/mol. The standard InChI is InChI=1S/C9H8Cl2N2O2/c1-15-9(14)8(11)13-12-7-4-2-3-6(10)5-7/h2-5,12H,1H3/b13-8+. The third-order valence-corrected chi connectivity index (χ3v) is 1.94. The molecule has 1 rings (SSSR count). The molecule has 0 aliphatic carbocycles. The van der Waals surface area contributed by atoms with Gasteiger partial charge in [-0.05, 0) is 18.2 Å². The second kappa shape index (κ2) is 5.58. The van der Waals surface area contributed by atoms with E-state index < -0.39 is 5.97 Å². The number of rotatable bonds is 3. The van der Waals surface area contributed by atoms with Gasteiger partial charge in [0.15, 0.2) is 0 Å².